The van der Waals surface area contributed by atoms with E-state index in [1.54, 1.807) is 0 Å². The molecule has 1 fully saturated rings. The first-order chi connectivity index (χ1) is 9.00. The van der Waals surface area contributed by atoms with Gasteiger partial charge in [0.15, 0.2) is 0 Å². The first kappa shape index (κ1) is 13.5. The normalized spacial score (nSPS) is 23.2. The van der Waals surface area contributed by atoms with Gasteiger partial charge in [0.2, 0.25) is 0 Å². The molecule has 6 heteroatoms. The summed E-state index contributed by atoms with van der Waals surface area (Å²) in [5.41, 5.74) is 5.72. The van der Waals surface area contributed by atoms with Crippen LogP contribution in [0.25, 0.3) is 0 Å². The van der Waals surface area contributed by atoms with Crippen molar-refractivity contribution in [1.29, 1.82) is 5.41 Å². The van der Waals surface area contributed by atoms with Crippen molar-refractivity contribution in [3.8, 4) is 0 Å². The molecule has 0 bridgehead atoms. The van der Waals surface area contributed by atoms with E-state index >= 15 is 0 Å². The molecule has 0 radical (unpaired) electrons. The smallest absolute Gasteiger partial charge is 0.255 e. The zero-order chi connectivity index (χ0) is 14.0. The van der Waals surface area contributed by atoms with E-state index < -0.39 is 18.0 Å². The third-order valence-corrected chi connectivity index (χ3v) is 3.34. The molecule has 4 N–H and O–H groups in total. The third kappa shape index (κ3) is 2.73. The summed E-state index contributed by atoms with van der Waals surface area (Å²) in [6, 6.07) is 5.15. The predicted molar refractivity (Wildman–Crippen MR) is 68.1 cm³/mol. The molecule has 1 aliphatic rings. The fourth-order valence-corrected chi connectivity index (χ4v) is 2.28. The van der Waals surface area contributed by atoms with E-state index in [-0.39, 0.29) is 11.7 Å². The Balaban J connectivity index is 2.18. The van der Waals surface area contributed by atoms with Crippen LogP contribution in [-0.2, 0) is 0 Å². The van der Waals surface area contributed by atoms with Gasteiger partial charge in [0, 0.05) is 12.1 Å². The van der Waals surface area contributed by atoms with Gasteiger partial charge in [0.05, 0.1) is 11.8 Å². The topological polar surface area (TPSA) is 90.4 Å². The second-order valence-corrected chi connectivity index (χ2v) is 4.62. The largest absolute Gasteiger partial charge is 0.387 e. The van der Waals surface area contributed by atoms with Crippen molar-refractivity contribution in [3.63, 3.8) is 0 Å². The molecule has 2 atom stereocenters. The molecule has 0 aliphatic carbocycles. The summed E-state index contributed by atoms with van der Waals surface area (Å²) in [7, 11) is 0. The third-order valence-electron chi connectivity index (χ3n) is 3.34. The Morgan fingerprint density at radius 3 is 2.63 bits per heavy atom. The average molecular weight is 265 g/mol. The highest BCUT2D eigenvalue weighted by Crippen LogP contribution is 2.23. The summed E-state index contributed by atoms with van der Waals surface area (Å²) in [5.74, 6) is -1.45. The molecule has 1 saturated heterocycles. The van der Waals surface area contributed by atoms with Crippen LogP contribution in [0.2, 0.25) is 0 Å². The number of carbonyl (C=O) groups is 1. The number of nitrogens with one attached hydrogen (secondary N) is 1. The van der Waals surface area contributed by atoms with Crippen LogP contribution < -0.4 is 5.73 Å². The van der Waals surface area contributed by atoms with Crippen molar-refractivity contribution < 1.29 is 14.3 Å². The number of amidine groups is 1. The van der Waals surface area contributed by atoms with Gasteiger partial charge in [-0.1, -0.05) is 0 Å². The van der Waals surface area contributed by atoms with Crippen LogP contribution in [0.15, 0.2) is 24.3 Å². The minimum atomic E-state index is -1.09. The van der Waals surface area contributed by atoms with Gasteiger partial charge in [-0.3, -0.25) is 10.2 Å². The molecular weight excluding hydrogens is 249 g/mol. The van der Waals surface area contributed by atoms with E-state index in [0.717, 1.165) is 0 Å². The lowest BCUT2D eigenvalue weighted by atomic mass is 9.94. The van der Waals surface area contributed by atoms with Gasteiger partial charge in [0.25, 0.3) is 5.91 Å². The first-order valence-electron chi connectivity index (χ1n) is 6.09. The Labute approximate surface area is 110 Å². The van der Waals surface area contributed by atoms with E-state index in [1.807, 2.05) is 0 Å². The van der Waals surface area contributed by atoms with Gasteiger partial charge in [-0.25, -0.2) is 4.39 Å². The number of hydrogen-bond donors (Lipinski definition) is 3. The molecule has 1 aromatic carbocycles. The number of aliphatic hydroxyl groups excluding tert-OH is 1. The van der Waals surface area contributed by atoms with Gasteiger partial charge in [0.1, 0.15) is 12.0 Å². The van der Waals surface area contributed by atoms with Crippen LogP contribution in [0.4, 0.5) is 4.39 Å². The Morgan fingerprint density at radius 1 is 1.42 bits per heavy atom. The lowest BCUT2D eigenvalue weighted by Crippen LogP contribution is -2.51. The average Bonchev–Trinajstić information content (AvgIpc) is 2.38. The van der Waals surface area contributed by atoms with E-state index in [1.165, 1.54) is 29.2 Å². The molecule has 102 valence electrons. The fraction of sp³-hybridized carbons (Fsp3) is 0.385. The Kier molecular flexibility index (Phi) is 3.80. The number of aliphatic hydroxyl groups is 1. The molecule has 0 aromatic heterocycles. The highest BCUT2D eigenvalue weighted by atomic mass is 19.1. The highest BCUT2D eigenvalue weighted by Gasteiger charge is 2.34. The van der Waals surface area contributed by atoms with E-state index in [4.69, 9.17) is 11.1 Å². The molecule has 1 heterocycles. The van der Waals surface area contributed by atoms with Crippen molar-refractivity contribution in [2.75, 3.05) is 6.54 Å². The van der Waals surface area contributed by atoms with Gasteiger partial charge < -0.3 is 15.7 Å². The van der Waals surface area contributed by atoms with Crippen LogP contribution in [0.5, 0.6) is 0 Å². The van der Waals surface area contributed by atoms with Crippen molar-refractivity contribution in [1.82, 2.24) is 4.90 Å². The molecule has 1 aliphatic heterocycles. The minimum Gasteiger partial charge on any atom is -0.387 e. The second kappa shape index (κ2) is 5.36. The van der Waals surface area contributed by atoms with Gasteiger partial charge in [-0.2, -0.15) is 0 Å². The molecule has 5 nitrogen and oxygen atoms in total. The number of nitrogens with two attached hydrogens (primary N) is 1. The Morgan fingerprint density at radius 2 is 2.05 bits per heavy atom. The number of likely N-dealkylation sites (tertiary alicyclic amines) is 1. The van der Waals surface area contributed by atoms with Crippen LogP contribution in [0.3, 0.4) is 0 Å². The number of benzene rings is 1. The molecule has 2 rings (SSSR count). The summed E-state index contributed by atoms with van der Waals surface area (Å²) < 4.78 is 12.8. The number of piperidine rings is 1. The van der Waals surface area contributed by atoms with Crippen LogP contribution in [0, 0.1) is 17.1 Å². The van der Waals surface area contributed by atoms with E-state index in [0.29, 0.717) is 24.9 Å². The summed E-state index contributed by atoms with van der Waals surface area (Å²) in [6.45, 7) is 0.404. The second-order valence-electron chi connectivity index (χ2n) is 4.62. The summed E-state index contributed by atoms with van der Waals surface area (Å²) in [6.07, 6.45) is 0.168. The maximum absolute atomic E-state index is 12.8. The van der Waals surface area contributed by atoms with Gasteiger partial charge >= 0.3 is 0 Å². The van der Waals surface area contributed by atoms with E-state index in [9.17, 15) is 14.3 Å². The maximum Gasteiger partial charge on any atom is 0.255 e. The molecule has 19 heavy (non-hydrogen) atoms. The number of carbonyl (C=O) groups excluding carboxylic acids is 1. The van der Waals surface area contributed by atoms with Gasteiger partial charge in [-0.05, 0) is 37.1 Å². The lowest BCUT2D eigenvalue weighted by molar-refractivity contribution is -0.0298. The number of nitrogens with zero attached hydrogens (tertiary/aromatic N) is 1. The predicted octanol–water partition coefficient (Wildman–Crippen LogP) is 0.932. The standard InChI is InChI=1S/C13H16FN3O2/c14-9-5-3-8(4-6-9)12(18)17-7-1-2-10(11(15)16)13(17)19/h3-6,10,13,19H,1-2,7H2,(H3,15,16). The van der Waals surface area contributed by atoms with Crippen molar-refractivity contribution >= 4 is 11.7 Å². The number of hydrogen-bond acceptors (Lipinski definition) is 3. The molecule has 1 aromatic rings. The first-order valence-corrected chi connectivity index (χ1v) is 6.09. The van der Waals surface area contributed by atoms with Crippen LogP contribution in [-0.4, -0.2) is 34.5 Å². The molecular formula is C13H16FN3O2. The zero-order valence-corrected chi connectivity index (χ0v) is 10.3. The molecule has 2 unspecified atom stereocenters. The van der Waals surface area contributed by atoms with Crippen LogP contribution in [0.1, 0.15) is 23.2 Å². The highest BCUT2D eigenvalue weighted by molar-refractivity contribution is 5.95. The molecule has 1 amide bonds. The summed E-state index contributed by atoms with van der Waals surface area (Å²) >= 11 is 0. The molecule has 0 saturated carbocycles. The van der Waals surface area contributed by atoms with Gasteiger partial charge in [-0.15, -0.1) is 0 Å². The number of amides is 1. The number of halogens is 1. The minimum absolute atomic E-state index is 0.121. The summed E-state index contributed by atoms with van der Waals surface area (Å²) in [5, 5.41) is 17.5. The quantitative estimate of drug-likeness (QED) is 0.549. The van der Waals surface area contributed by atoms with Crippen molar-refractivity contribution in [2.45, 2.75) is 19.1 Å². The monoisotopic (exact) mass is 265 g/mol. The zero-order valence-electron chi connectivity index (χ0n) is 10.3. The van der Waals surface area contributed by atoms with Crippen molar-refractivity contribution in [2.24, 2.45) is 11.7 Å². The molecule has 0 spiro atoms. The Hall–Kier alpha value is -1.95. The number of rotatable bonds is 2. The lowest BCUT2D eigenvalue weighted by Gasteiger charge is -2.37. The van der Waals surface area contributed by atoms with Crippen LogP contribution >= 0.6 is 0 Å². The fourth-order valence-electron chi connectivity index (χ4n) is 2.28. The maximum atomic E-state index is 12.8. The van der Waals surface area contributed by atoms with Crippen molar-refractivity contribution in [3.05, 3.63) is 35.6 Å². The Bertz CT molecular complexity index is 489. The summed E-state index contributed by atoms with van der Waals surface area (Å²) in [4.78, 5) is 13.5. The SMILES string of the molecule is N=C(N)C1CCCN(C(=O)c2ccc(F)cc2)C1O. The van der Waals surface area contributed by atoms with E-state index in [2.05, 4.69) is 0 Å².